The number of halogens is 1. The van der Waals surface area contributed by atoms with E-state index in [1.807, 2.05) is 18.2 Å². The molecule has 2 nitrogen and oxygen atoms in total. The van der Waals surface area contributed by atoms with Crippen LogP contribution in [-0.2, 0) is 0 Å². The number of allylic oxidation sites excluding steroid dienone is 1. The highest BCUT2D eigenvalue weighted by Gasteiger charge is 2.17. The fourth-order valence-corrected chi connectivity index (χ4v) is 1.85. The van der Waals surface area contributed by atoms with E-state index in [0.717, 1.165) is 16.9 Å². The van der Waals surface area contributed by atoms with Gasteiger partial charge in [-0.3, -0.25) is 0 Å². The van der Waals surface area contributed by atoms with Gasteiger partial charge in [-0.05, 0) is 24.1 Å². The molecule has 0 aliphatic carbocycles. The minimum absolute atomic E-state index is 0.539. The highest BCUT2D eigenvalue weighted by Crippen LogP contribution is 2.37. The van der Waals surface area contributed by atoms with Crippen LogP contribution in [0.3, 0.4) is 0 Å². The van der Waals surface area contributed by atoms with Crippen LogP contribution in [0.2, 0.25) is 5.02 Å². The summed E-state index contributed by atoms with van der Waals surface area (Å²) in [7, 11) is 0. The Kier molecular flexibility index (Phi) is 2.48. The second-order valence-corrected chi connectivity index (χ2v) is 3.75. The molecule has 0 atom stereocenters. The number of fused-ring (bicyclic) bond motifs is 1. The van der Waals surface area contributed by atoms with Gasteiger partial charge in [-0.25, -0.2) is 0 Å². The second-order valence-electron chi connectivity index (χ2n) is 3.34. The molecule has 1 aliphatic heterocycles. The van der Waals surface area contributed by atoms with Crippen molar-refractivity contribution in [2.45, 2.75) is 6.92 Å². The first kappa shape index (κ1) is 9.56. The lowest BCUT2D eigenvalue weighted by Crippen LogP contribution is -2.17. The van der Waals surface area contributed by atoms with Crippen LogP contribution < -0.4 is 10.5 Å². The molecule has 2 rings (SSSR count). The molecule has 14 heavy (non-hydrogen) atoms. The Hall–Kier alpha value is -0.990. The molecule has 1 aliphatic rings. The highest BCUT2D eigenvalue weighted by atomic mass is 35.5. The summed E-state index contributed by atoms with van der Waals surface area (Å²) in [5, 5.41) is 0.665. The molecule has 1 aromatic carbocycles. The number of hydrogen-bond donors (Lipinski definition) is 1. The van der Waals surface area contributed by atoms with Gasteiger partial charge in [0, 0.05) is 12.1 Å². The van der Waals surface area contributed by atoms with Crippen molar-refractivity contribution in [3.63, 3.8) is 0 Å². The lowest BCUT2D eigenvalue weighted by Gasteiger charge is -2.22. The monoisotopic (exact) mass is 209 g/mol. The fourth-order valence-electron chi connectivity index (χ4n) is 1.62. The van der Waals surface area contributed by atoms with Crippen molar-refractivity contribution in [3.8, 4) is 5.75 Å². The Morgan fingerprint density at radius 3 is 3.00 bits per heavy atom. The van der Waals surface area contributed by atoms with Gasteiger partial charge in [0.15, 0.2) is 0 Å². The Morgan fingerprint density at radius 2 is 2.29 bits per heavy atom. The maximum Gasteiger partial charge on any atom is 0.145 e. The Labute approximate surface area is 88.3 Å². The smallest absolute Gasteiger partial charge is 0.145 e. The summed E-state index contributed by atoms with van der Waals surface area (Å²) in [6.07, 6.45) is 0. The predicted octanol–water partition coefficient (Wildman–Crippen LogP) is 2.46. The van der Waals surface area contributed by atoms with Crippen molar-refractivity contribution in [2.75, 3.05) is 13.2 Å². The van der Waals surface area contributed by atoms with Crippen LogP contribution in [-0.4, -0.2) is 13.2 Å². The third-order valence-electron chi connectivity index (χ3n) is 2.54. The fraction of sp³-hybridized carbons (Fsp3) is 0.273. The van der Waals surface area contributed by atoms with Crippen LogP contribution in [0.4, 0.5) is 0 Å². The molecular weight excluding hydrogens is 198 g/mol. The van der Waals surface area contributed by atoms with Gasteiger partial charge in [-0.15, -0.1) is 0 Å². The van der Waals surface area contributed by atoms with Crippen LogP contribution in [0.15, 0.2) is 23.8 Å². The summed E-state index contributed by atoms with van der Waals surface area (Å²) in [5.41, 5.74) is 9.01. The first-order valence-corrected chi connectivity index (χ1v) is 4.92. The van der Waals surface area contributed by atoms with Gasteiger partial charge in [0.1, 0.15) is 12.4 Å². The van der Waals surface area contributed by atoms with Crippen LogP contribution in [0.25, 0.3) is 5.57 Å². The second kappa shape index (κ2) is 3.64. The van der Waals surface area contributed by atoms with E-state index in [0.29, 0.717) is 18.2 Å². The zero-order valence-electron chi connectivity index (χ0n) is 8.01. The van der Waals surface area contributed by atoms with Gasteiger partial charge in [-0.1, -0.05) is 23.7 Å². The maximum atomic E-state index is 6.02. The van der Waals surface area contributed by atoms with Crippen molar-refractivity contribution in [1.82, 2.24) is 0 Å². The molecule has 0 saturated carbocycles. The largest absolute Gasteiger partial charge is 0.487 e. The lowest BCUT2D eigenvalue weighted by atomic mass is 9.99. The Balaban J connectivity index is 2.58. The molecule has 0 saturated heterocycles. The number of ether oxygens (including phenoxy) is 1. The Morgan fingerprint density at radius 1 is 1.50 bits per heavy atom. The zero-order chi connectivity index (χ0) is 10.1. The molecule has 0 radical (unpaired) electrons. The molecule has 1 aromatic rings. The molecule has 0 aromatic heterocycles. The molecule has 74 valence electrons. The average molecular weight is 210 g/mol. The van der Waals surface area contributed by atoms with Gasteiger partial charge in [-0.2, -0.15) is 0 Å². The molecule has 0 bridgehead atoms. The first-order valence-electron chi connectivity index (χ1n) is 4.54. The van der Waals surface area contributed by atoms with Crippen LogP contribution in [0, 0.1) is 0 Å². The van der Waals surface area contributed by atoms with Crippen molar-refractivity contribution in [2.24, 2.45) is 5.73 Å². The molecule has 2 N–H and O–H groups in total. The quantitative estimate of drug-likeness (QED) is 0.771. The molecule has 0 fully saturated rings. The normalized spacial score (nSPS) is 15.1. The third-order valence-corrected chi connectivity index (χ3v) is 2.84. The van der Waals surface area contributed by atoms with Crippen LogP contribution >= 0.6 is 11.6 Å². The van der Waals surface area contributed by atoms with Gasteiger partial charge in [0.25, 0.3) is 0 Å². The van der Waals surface area contributed by atoms with Crippen molar-refractivity contribution in [1.29, 1.82) is 0 Å². The van der Waals surface area contributed by atoms with E-state index in [2.05, 4.69) is 6.92 Å². The summed E-state index contributed by atoms with van der Waals surface area (Å²) in [4.78, 5) is 0. The molecule has 3 heteroatoms. The van der Waals surface area contributed by atoms with E-state index >= 15 is 0 Å². The SMILES string of the molecule is CC1=C(CN)COc2c(Cl)cccc21. The van der Waals surface area contributed by atoms with E-state index in [9.17, 15) is 0 Å². The van der Waals surface area contributed by atoms with Crippen molar-refractivity contribution >= 4 is 17.2 Å². The third kappa shape index (κ3) is 1.41. The minimum atomic E-state index is 0.539. The lowest BCUT2D eigenvalue weighted by molar-refractivity contribution is 0.344. The maximum absolute atomic E-state index is 6.02. The summed E-state index contributed by atoms with van der Waals surface area (Å²) < 4.78 is 5.56. The van der Waals surface area contributed by atoms with Crippen LogP contribution in [0.5, 0.6) is 5.75 Å². The number of para-hydroxylation sites is 1. The summed E-state index contributed by atoms with van der Waals surface area (Å²) >= 11 is 6.02. The summed E-state index contributed by atoms with van der Waals surface area (Å²) in [6, 6.07) is 5.76. The van der Waals surface area contributed by atoms with Crippen molar-refractivity contribution in [3.05, 3.63) is 34.4 Å². The molecule has 0 unspecified atom stereocenters. The van der Waals surface area contributed by atoms with Gasteiger partial charge < -0.3 is 10.5 Å². The standard InChI is InChI=1S/C11H12ClNO/c1-7-8(5-13)6-14-11-9(7)3-2-4-10(11)12/h2-4H,5-6,13H2,1H3. The predicted molar refractivity (Wildman–Crippen MR) is 58.6 cm³/mol. The summed E-state index contributed by atoms with van der Waals surface area (Å²) in [5.74, 6) is 0.781. The number of nitrogens with two attached hydrogens (primary N) is 1. The number of benzene rings is 1. The summed E-state index contributed by atoms with van der Waals surface area (Å²) in [6.45, 7) is 3.15. The molecule has 0 amide bonds. The van der Waals surface area contributed by atoms with Gasteiger partial charge in [0.05, 0.1) is 5.02 Å². The topological polar surface area (TPSA) is 35.2 Å². The average Bonchev–Trinajstić information content (AvgIpc) is 2.20. The van der Waals surface area contributed by atoms with E-state index in [-0.39, 0.29) is 0 Å². The van der Waals surface area contributed by atoms with E-state index < -0.39 is 0 Å². The van der Waals surface area contributed by atoms with E-state index in [1.54, 1.807) is 0 Å². The van der Waals surface area contributed by atoms with Gasteiger partial charge in [0.2, 0.25) is 0 Å². The number of rotatable bonds is 1. The molecule has 1 heterocycles. The van der Waals surface area contributed by atoms with E-state index in [1.165, 1.54) is 5.57 Å². The van der Waals surface area contributed by atoms with Crippen molar-refractivity contribution < 1.29 is 4.74 Å². The molecular formula is C11H12ClNO. The Bertz CT molecular complexity index is 398. The first-order chi connectivity index (χ1) is 6.74. The molecule has 0 spiro atoms. The number of hydrogen-bond acceptors (Lipinski definition) is 2. The van der Waals surface area contributed by atoms with Gasteiger partial charge >= 0.3 is 0 Å². The van der Waals surface area contributed by atoms with Crippen LogP contribution in [0.1, 0.15) is 12.5 Å². The highest BCUT2D eigenvalue weighted by molar-refractivity contribution is 6.32. The zero-order valence-corrected chi connectivity index (χ0v) is 8.77. The van der Waals surface area contributed by atoms with E-state index in [4.69, 9.17) is 22.1 Å². The minimum Gasteiger partial charge on any atom is -0.487 e.